The van der Waals surface area contributed by atoms with E-state index in [1.807, 2.05) is 0 Å². The van der Waals surface area contributed by atoms with Crippen LogP contribution in [0.1, 0.15) is 22.3 Å². The minimum absolute atomic E-state index is 0.990. The highest BCUT2D eigenvalue weighted by atomic mass is 15.0. The third kappa shape index (κ3) is 3.14. The summed E-state index contributed by atoms with van der Waals surface area (Å²) in [6.07, 6.45) is 26.2. The molecule has 1 aromatic heterocycles. The fraction of sp³-hybridized carbons (Fsp3) is 0.129. The average molecular weight is 428 g/mol. The average Bonchev–Trinajstić information content (AvgIpc) is 3.06. The van der Waals surface area contributed by atoms with Gasteiger partial charge in [0.2, 0.25) is 11.4 Å². The van der Waals surface area contributed by atoms with Crippen molar-refractivity contribution in [2.75, 3.05) is 7.05 Å². The first kappa shape index (κ1) is 19.8. The summed E-state index contributed by atoms with van der Waals surface area (Å²) < 4.78 is 4.61. The molecular weight excluding hydrogens is 400 g/mol. The maximum Gasteiger partial charge on any atom is 0.213 e. The van der Waals surface area contributed by atoms with Gasteiger partial charge < -0.3 is 4.57 Å². The van der Waals surface area contributed by atoms with Crippen LogP contribution in [0, 0.1) is 0 Å². The number of hydrogen-bond donors (Lipinski definition) is 0. The highest BCUT2D eigenvalue weighted by Crippen LogP contribution is 2.33. The quantitative estimate of drug-likeness (QED) is 0.428. The van der Waals surface area contributed by atoms with Crippen molar-refractivity contribution in [1.82, 2.24) is 4.57 Å². The van der Waals surface area contributed by atoms with Gasteiger partial charge in [-0.05, 0) is 42.2 Å². The van der Waals surface area contributed by atoms with Gasteiger partial charge in [-0.1, -0.05) is 72.9 Å². The van der Waals surface area contributed by atoms with Crippen LogP contribution in [-0.2, 0) is 19.9 Å². The Hall–Kier alpha value is -3.91. The van der Waals surface area contributed by atoms with Gasteiger partial charge in [-0.2, -0.15) is 4.58 Å². The van der Waals surface area contributed by atoms with Crippen molar-refractivity contribution in [2.45, 2.75) is 12.8 Å². The Morgan fingerprint density at radius 1 is 0.879 bits per heavy atom. The predicted molar refractivity (Wildman–Crippen MR) is 140 cm³/mol. The van der Waals surface area contributed by atoms with Crippen LogP contribution in [0.5, 0.6) is 0 Å². The molecule has 1 aliphatic heterocycles. The highest BCUT2D eigenvalue weighted by Gasteiger charge is 2.32. The van der Waals surface area contributed by atoms with E-state index in [2.05, 4.69) is 126 Å². The summed E-state index contributed by atoms with van der Waals surface area (Å²) >= 11 is 0. The first-order chi connectivity index (χ1) is 16.2. The van der Waals surface area contributed by atoms with E-state index in [0.717, 1.165) is 12.8 Å². The molecular formula is C31H27N2+. The maximum atomic E-state index is 2.30. The van der Waals surface area contributed by atoms with E-state index in [0.29, 0.717) is 0 Å². The fourth-order valence-corrected chi connectivity index (χ4v) is 5.39. The standard InChI is InChI=1S/C31H27N2/c1-32-27(25-17-10-14-22-13-7-9-20-28(32)31(22)25)19-5-3-4-18-26-24-16-8-6-12-23-15-11-21-29(30(23)24)33(26)2/h3-11,14-21H,12-13H2,1-2H3/q+1. The van der Waals surface area contributed by atoms with Crippen LogP contribution < -0.4 is 10.6 Å². The lowest BCUT2D eigenvalue weighted by Gasteiger charge is -2.02. The summed E-state index contributed by atoms with van der Waals surface area (Å²) in [6, 6.07) is 13.3. The van der Waals surface area contributed by atoms with Gasteiger partial charge in [-0.25, -0.2) is 0 Å². The summed E-state index contributed by atoms with van der Waals surface area (Å²) in [7, 11) is 4.32. The first-order valence-electron chi connectivity index (χ1n) is 11.6. The van der Waals surface area contributed by atoms with Crippen LogP contribution in [0.2, 0.25) is 0 Å². The molecule has 0 bridgehead atoms. The Bertz CT molecular complexity index is 1610. The van der Waals surface area contributed by atoms with Crippen molar-refractivity contribution >= 4 is 34.5 Å². The molecule has 0 atom stereocenters. The molecule has 0 unspecified atom stereocenters. The Morgan fingerprint density at radius 2 is 1.67 bits per heavy atom. The van der Waals surface area contributed by atoms with Gasteiger partial charge in [0.1, 0.15) is 7.05 Å². The van der Waals surface area contributed by atoms with Crippen molar-refractivity contribution in [3.63, 3.8) is 0 Å². The summed E-state index contributed by atoms with van der Waals surface area (Å²) in [6.45, 7) is 0. The second-order valence-corrected chi connectivity index (χ2v) is 8.85. The molecule has 0 radical (unpaired) electrons. The normalized spacial score (nSPS) is 17.2. The molecule has 6 rings (SSSR count). The zero-order chi connectivity index (χ0) is 22.4. The molecule has 0 amide bonds. The topological polar surface area (TPSA) is 7.94 Å². The summed E-state index contributed by atoms with van der Waals surface area (Å²) in [5, 5.41) is 3.94. The monoisotopic (exact) mass is 427 g/mol. The Kier molecular flexibility index (Phi) is 4.73. The number of aromatic nitrogens is 1. The van der Waals surface area contributed by atoms with Gasteiger partial charge in [-0.3, -0.25) is 0 Å². The minimum atomic E-state index is 0.990. The van der Waals surface area contributed by atoms with E-state index in [1.54, 1.807) is 0 Å². The number of benzene rings is 2. The number of rotatable bonds is 3. The number of nitrogens with zero attached hydrogens (tertiary/aromatic N) is 2. The third-order valence-corrected chi connectivity index (χ3v) is 7.00. The van der Waals surface area contributed by atoms with Crippen molar-refractivity contribution < 1.29 is 4.58 Å². The molecule has 0 saturated carbocycles. The predicted octanol–water partition coefficient (Wildman–Crippen LogP) is 4.56. The van der Waals surface area contributed by atoms with Gasteiger partial charge in [0.15, 0.2) is 0 Å². The Labute approximate surface area is 194 Å². The van der Waals surface area contributed by atoms with Crippen molar-refractivity contribution in [1.29, 1.82) is 0 Å². The molecule has 33 heavy (non-hydrogen) atoms. The number of aryl methyl sites for hydroxylation is 1. The molecule has 2 heteroatoms. The molecule has 0 N–H and O–H groups in total. The van der Waals surface area contributed by atoms with Crippen molar-refractivity contribution in [2.24, 2.45) is 7.05 Å². The molecule has 160 valence electrons. The first-order valence-corrected chi connectivity index (χ1v) is 11.6. The summed E-state index contributed by atoms with van der Waals surface area (Å²) in [5.41, 5.74) is 9.33. The molecule has 2 aliphatic carbocycles. The molecule has 3 aromatic rings. The van der Waals surface area contributed by atoms with Gasteiger partial charge in [0, 0.05) is 40.7 Å². The molecule has 0 saturated heterocycles. The third-order valence-electron chi connectivity index (χ3n) is 7.00. The van der Waals surface area contributed by atoms with Crippen LogP contribution in [0.15, 0.2) is 91.1 Å². The van der Waals surface area contributed by atoms with Gasteiger partial charge in [-0.15, -0.1) is 0 Å². The fourth-order valence-electron chi connectivity index (χ4n) is 5.39. The Morgan fingerprint density at radius 3 is 2.58 bits per heavy atom. The smallest absolute Gasteiger partial charge is 0.213 e. The van der Waals surface area contributed by atoms with Gasteiger partial charge >= 0.3 is 0 Å². The van der Waals surface area contributed by atoms with Crippen LogP contribution >= 0.6 is 0 Å². The van der Waals surface area contributed by atoms with E-state index in [4.69, 9.17) is 0 Å². The van der Waals surface area contributed by atoms with Crippen molar-refractivity contribution in [3.8, 4) is 0 Å². The zero-order valence-electron chi connectivity index (χ0n) is 19.1. The molecule has 3 aliphatic rings. The second-order valence-electron chi connectivity index (χ2n) is 8.85. The van der Waals surface area contributed by atoms with Crippen molar-refractivity contribution in [3.05, 3.63) is 124 Å². The van der Waals surface area contributed by atoms with E-state index < -0.39 is 0 Å². The van der Waals surface area contributed by atoms with E-state index in [9.17, 15) is 0 Å². The van der Waals surface area contributed by atoms with Gasteiger partial charge in [0.25, 0.3) is 0 Å². The van der Waals surface area contributed by atoms with Crippen LogP contribution in [-0.4, -0.2) is 21.9 Å². The van der Waals surface area contributed by atoms with Crippen LogP contribution in [0.3, 0.4) is 0 Å². The summed E-state index contributed by atoms with van der Waals surface area (Å²) in [5.74, 6) is 0. The lowest BCUT2D eigenvalue weighted by atomic mass is 9.97. The highest BCUT2D eigenvalue weighted by molar-refractivity contribution is 6.12. The molecule has 2 heterocycles. The Balaban J connectivity index is 1.37. The largest absolute Gasteiger partial charge is 0.344 e. The van der Waals surface area contributed by atoms with Crippen LogP contribution in [0.4, 0.5) is 0 Å². The number of hydrogen-bond acceptors (Lipinski definition) is 0. The number of allylic oxidation sites excluding steroid dienone is 9. The molecule has 2 nitrogen and oxygen atoms in total. The SMILES string of the molecule is Cn1/c(=C/C=C/C=C/C2=[N+](C)C3=CC=CCc4cccc2c43)c2c3c(cccc31)CC=CC=2. The summed E-state index contributed by atoms with van der Waals surface area (Å²) in [4.78, 5) is 0. The van der Waals surface area contributed by atoms with E-state index in [-0.39, 0.29) is 0 Å². The maximum absolute atomic E-state index is 2.30. The molecule has 2 aromatic carbocycles. The molecule has 0 spiro atoms. The van der Waals surface area contributed by atoms with Crippen LogP contribution in [0.25, 0.3) is 28.8 Å². The van der Waals surface area contributed by atoms with Gasteiger partial charge in [0.05, 0.1) is 11.1 Å². The lowest BCUT2D eigenvalue weighted by molar-refractivity contribution is -0.390. The molecule has 0 fully saturated rings. The lowest BCUT2D eigenvalue weighted by Crippen LogP contribution is -2.27. The van der Waals surface area contributed by atoms with E-state index >= 15 is 0 Å². The second kappa shape index (κ2) is 7.90. The zero-order valence-corrected chi connectivity index (χ0v) is 19.1. The van der Waals surface area contributed by atoms with E-state index in [1.165, 1.54) is 55.1 Å². The minimum Gasteiger partial charge on any atom is -0.344 e.